The number of hydrogen-bond acceptors (Lipinski definition) is 4. The van der Waals surface area contributed by atoms with Crippen molar-refractivity contribution in [2.24, 2.45) is 17.4 Å². The SMILES string of the molecule is C=Cc1cc(C2=CC=CC(/C(C)=C/C(C)=C\N)N2)ccc1-c1c(C)c(C)c(CC(C=C)C/C=C\C=C(/N)C(=C)/C=C(/C)C=N)n1-c1ccccc1. The van der Waals surface area contributed by atoms with Crippen LogP contribution in [0.2, 0.25) is 0 Å². The first kappa shape index (κ1) is 38.0. The summed E-state index contributed by atoms with van der Waals surface area (Å²) in [7, 11) is 0. The molecule has 0 spiro atoms. The normalized spacial score (nSPS) is 16.1. The molecule has 6 N–H and O–H groups in total. The first-order valence-corrected chi connectivity index (χ1v) is 17.4. The Bertz CT molecular complexity index is 2000. The fourth-order valence-electron chi connectivity index (χ4n) is 6.32. The molecule has 1 aliphatic rings. The molecule has 0 amide bonds. The number of benzene rings is 2. The lowest BCUT2D eigenvalue weighted by atomic mass is 9.95. The maximum absolute atomic E-state index is 7.39. The van der Waals surface area contributed by atoms with Crippen LogP contribution in [0.4, 0.5) is 0 Å². The molecule has 0 fully saturated rings. The zero-order valence-electron chi connectivity index (χ0n) is 30.8. The van der Waals surface area contributed by atoms with Crippen molar-refractivity contribution >= 4 is 18.0 Å². The van der Waals surface area contributed by atoms with Crippen LogP contribution in [0.15, 0.2) is 157 Å². The summed E-state index contributed by atoms with van der Waals surface area (Å²) < 4.78 is 2.42. The summed E-state index contributed by atoms with van der Waals surface area (Å²) in [6, 6.07) is 17.3. The molecule has 0 bridgehead atoms. The quantitative estimate of drug-likeness (QED) is 0.0734. The smallest absolute Gasteiger partial charge is 0.0661 e. The summed E-state index contributed by atoms with van der Waals surface area (Å²) in [6.07, 6.45) is 24.9. The van der Waals surface area contributed by atoms with Gasteiger partial charge in [-0.1, -0.05) is 86.0 Å². The summed E-state index contributed by atoms with van der Waals surface area (Å²) in [6.45, 7) is 22.9. The number of hydrogen-bond donors (Lipinski definition) is 4. The largest absolute Gasteiger partial charge is 0.404 e. The van der Waals surface area contributed by atoms with Crippen LogP contribution >= 0.6 is 0 Å². The van der Waals surface area contributed by atoms with Crippen LogP contribution in [0.25, 0.3) is 28.7 Å². The molecular weight excluding hydrogens is 623 g/mol. The molecular formula is C46H53N5. The Morgan fingerprint density at radius 1 is 1.02 bits per heavy atom. The lowest BCUT2D eigenvalue weighted by molar-refractivity contribution is 0.638. The molecule has 2 heterocycles. The Hall–Kier alpha value is -5.81. The topological polar surface area (TPSA) is 92.8 Å². The van der Waals surface area contributed by atoms with Gasteiger partial charge in [-0.15, -0.1) is 6.58 Å². The molecule has 1 aromatic heterocycles. The molecule has 262 valence electrons. The molecule has 0 saturated carbocycles. The first-order valence-electron chi connectivity index (χ1n) is 17.4. The molecule has 5 heteroatoms. The number of allylic oxidation sites excluding steroid dienone is 10. The van der Waals surface area contributed by atoms with Crippen molar-refractivity contribution in [3.8, 4) is 16.9 Å². The molecule has 4 rings (SSSR count). The molecule has 0 radical (unpaired) electrons. The second-order valence-electron chi connectivity index (χ2n) is 13.2. The molecule has 2 atom stereocenters. The predicted octanol–water partition coefficient (Wildman–Crippen LogP) is 10.4. The van der Waals surface area contributed by atoms with Crippen molar-refractivity contribution in [3.05, 3.63) is 185 Å². The Labute approximate surface area is 305 Å². The molecule has 0 aliphatic carbocycles. The first-order chi connectivity index (χ1) is 24.5. The minimum atomic E-state index is 0.0781. The maximum atomic E-state index is 7.39. The number of para-hydroxylation sites is 1. The van der Waals surface area contributed by atoms with Gasteiger partial charge in [-0.25, -0.2) is 0 Å². The van der Waals surface area contributed by atoms with E-state index in [4.69, 9.17) is 16.9 Å². The Morgan fingerprint density at radius 2 is 1.76 bits per heavy atom. The highest BCUT2D eigenvalue weighted by atomic mass is 15.0. The van der Waals surface area contributed by atoms with Crippen LogP contribution in [-0.4, -0.2) is 16.8 Å². The van der Waals surface area contributed by atoms with E-state index in [0.29, 0.717) is 11.3 Å². The van der Waals surface area contributed by atoms with E-state index in [1.54, 1.807) is 6.20 Å². The summed E-state index contributed by atoms with van der Waals surface area (Å²) >= 11 is 0. The average molecular weight is 676 g/mol. The van der Waals surface area contributed by atoms with Gasteiger partial charge in [-0.05, 0) is 141 Å². The van der Waals surface area contributed by atoms with Crippen LogP contribution in [0.1, 0.15) is 55.1 Å². The number of nitrogens with two attached hydrogens (primary N) is 2. The van der Waals surface area contributed by atoms with E-state index >= 15 is 0 Å². The van der Waals surface area contributed by atoms with Crippen LogP contribution < -0.4 is 16.8 Å². The highest BCUT2D eigenvalue weighted by Crippen LogP contribution is 2.38. The van der Waals surface area contributed by atoms with Crippen LogP contribution in [-0.2, 0) is 6.42 Å². The van der Waals surface area contributed by atoms with Gasteiger partial charge in [0.25, 0.3) is 0 Å². The van der Waals surface area contributed by atoms with Crippen molar-refractivity contribution in [1.82, 2.24) is 9.88 Å². The zero-order chi connectivity index (χ0) is 37.1. The highest BCUT2D eigenvalue weighted by molar-refractivity contribution is 5.81. The fraction of sp³-hybridized carbons (Fsp3) is 0.196. The van der Waals surface area contributed by atoms with E-state index in [-0.39, 0.29) is 12.0 Å². The van der Waals surface area contributed by atoms with E-state index < -0.39 is 0 Å². The van der Waals surface area contributed by atoms with Gasteiger partial charge in [0, 0.05) is 34.6 Å². The van der Waals surface area contributed by atoms with E-state index in [2.05, 4.69) is 129 Å². The van der Waals surface area contributed by atoms with Gasteiger partial charge in [0.15, 0.2) is 0 Å². The molecule has 51 heavy (non-hydrogen) atoms. The van der Waals surface area contributed by atoms with Crippen molar-refractivity contribution in [2.45, 2.75) is 53.5 Å². The van der Waals surface area contributed by atoms with Gasteiger partial charge < -0.3 is 26.8 Å². The zero-order valence-corrected chi connectivity index (χ0v) is 30.8. The molecule has 3 aromatic rings. The van der Waals surface area contributed by atoms with E-state index in [1.165, 1.54) is 34.3 Å². The maximum Gasteiger partial charge on any atom is 0.0661 e. The molecule has 2 aromatic carbocycles. The van der Waals surface area contributed by atoms with Crippen LogP contribution in [0.3, 0.4) is 0 Å². The van der Waals surface area contributed by atoms with Gasteiger partial charge in [0.2, 0.25) is 0 Å². The van der Waals surface area contributed by atoms with Crippen LogP contribution in [0, 0.1) is 25.2 Å². The Balaban J connectivity index is 1.70. The van der Waals surface area contributed by atoms with E-state index in [1.807, 2.05) is 44.2 Å². The Kier molecular flexibility index (Phi) is 13.2. The van der Waals surface area contributed by atoms with Crippen molar-refractivity contribution in [1.29, 1.82) is 5.41 Å². The van der Waals surface area contributed by atoms with Crippen LogP contribution in [0.5, 0.6) is 0 Å². The minimum absolute atomic E-state index is 0.0781. The number of rotatable bonds is 15. The predicted molar refractivity (Wildman–Crippen MR) is 222 cm³/mol. The lowest BCUT2D eigenvalue weighted by Crippen LogP contribution is -2.28. The molecule has 2 unspecified atom stereocenters. The average Bonchev–Trinajstić information content (AvgIpc) is 3.40. The van der Waals surface area contributed by atoms with E-state index in [0.717, 1.165) is 52.1 Å². The van der Waals surface area contributed by atoms with Gasteiger partial charge >= 0.3 is 0 Å². The summed E-state index contributed by atoms with van der Waals surface area (Å²) in [4.78, 5) is 0. The molecule has 0 saturated heterocycles. The van der Waals surface area contributed by atoms with E-state index in [9.17, 15) is 0 Å². The lowest BCUT2D eigenvalue weighted by Gasteiger charge is -2.24. The minimum Gasteiger partial charge on any atom is -0.404 e. The second kappa shape index (κ2) is 17.7. The molecule has 5 nitrogen and oxygen atoms in total. The fourth-order valence-corrected chi connectivity index (χ4v) is 6.32. The second-order valence-corrected chi connectivity index (χ2v) is 13.2. The van der Waals surface area contributed by atoms with Crippen molar-refractivity contribution < 1.29 is 0 Å². The van der Waals surface area contributed by atoms with Gasteiger partial charge in [-0.2, -0.15) is 0 Å². The molecule has 1 aliphatic heterocycles. The third-order valence-corrected chi connectivity index (χ3v) is 9.42. The summed E-state index contributed by atoms with van der Waals surface area (Å²) in [5, 5.41) is 11.1. The van der Waals surface area contributed by atoms with Gasteiger partial charge in [-0.3, -0.25) is 0 Å². The standard InChI is InChI=1S/C46H53N5/c1-9-37(17-14-15-20-42(49)33(5)25-31(3)29-47)27-45-35(7)36(8)46(51(45)40-18-12-11-13-19-40)41-24-23-39(28-38(41)10-2)44-22-16-21-43(50-44)34(6)26-32(4)30-48/h9-16,18-26,28-30,37,43,47,50H,1-2,5,17,27,48-49H2,3-4,6-8H3/b15-14-,31-25-,32-30-,34-26+,42-20-,47-29?. The van der Waals surface area contributed by atoms with Crippen molar-refractivity contribution in [3.63, 3.8) is 0 Å². The highest BCUT2D eigenvalue weighted by Gasteiger charge is 2.23. The monoisotopic (exact) mass is 675 g/mol. The number of aromatic nitrogens is 1. The summed E-state index contributed by atoms with van der Waals surface area (Å²) in [5.74, 6) is 0.204. The van der Waals surface area contributed by atoms with Crippen molar-refractivity contribution in [2.75, 3.05) is 0 Å². The van der Waals surface area contributed by atoms with Gasteiger partial charge in [0.1, 0.15) is 0 Å². The number of nitrogens with one attached hydrogen (secondary N) is 2. The number of nitrogens with zero attached hydrogens (tertiary/aromatic N) is 1. The number of dihydropyridines is 1. The third kappa shape index (κ3) is 9.25. The summed E-state index contributed by atoms with van der Waals surface area (Å²) in [5.41, 5.74) is 26.7. The van der Waals surface area contributed by atoms with Gasteiger partial charge in [0.05, 0.1) is 11.7 Å². The Morgan fingerprint density at radius 3 is 2.43 bits per heavy atom. The third-order valence-electron chi connectivity index (χ3n) is 9.42.